The van der Waals surface area contributed by atoms with Crippen LogP contribution in [0.15, 0.2) is 22.9 Å². The van der Waals surface area contributed by atoms with Crippen molar-refractivity contribution in [3.8, 4) is 6.26 Å². The molecule has 0 saturated heterocycles. The first-order chi connectivity index (χ1) is 4.83. The van der Waals surface area contributed by atoms with Crippen LogP contribution < -0.4 is 0 Å². The van der Waals surface area contributed by atoms with Gasteiger partial charge in [-0.3, -0.25) is 0 Å². The van der Waals surface area contributed by atoms with Crippen LogP contribution >= 0.6 is 11.6 Å². The van der Waals surface area contributed by atoms with Crippen molar-refractivity contribution in [2.75, 3.05) is 0 Å². The minimum Gasteiger partial charge on any atom is -0.393 e. The summed E-state index contributed by atoms with van der Waals surface area (Å²) in [4.78, 5) is 0. The molecule has 0 spiro atoms. The third kappa shape index (κ3) is 1.78. The molecule has 52 valence electrons. The fourth-order valence-corrected chi connectivity index (χ4v) is 0.894. The van der Waals surface area contributed by atoms with Gasteiger partial charge in [-0.05, 0) is 18.6 Å². The van der Waals surface area contributed by atoms with Crippen LogP contribution in [-0.2, 0) is 4.74 Å². The van der Waals surface area contributed by atoms with Gasteiger partial charge in [0.15, 0.2) is 0 Å². The fourth-order valence-electron chi connectivity index (χ4n) is 0.736. The van der Waals surface area contributed by atoms with Crippen LogP contribution in [0.5, 0.6) is 0 Å². The third-order valence-electron chi connectivity index (χ3n) is 1.24. The molecule has 0 fully saturated rings. The van der Waals surface area contributed by atoms with E-state index in [0.29, 0.717) is 5.76 Å². The Balaban J connectivity index is 2.57. The van der Waals surface area contributed by atoms with Gasteiger partial charge in [-0.2, -0.15) is 0 Å². The predicted octanol–water partition coefficient (Wildman–Crippen LogP) is 2.28. The zero-order valence-corrected chi connectivity index (χ0v) is 6.06. The lowest BCUT2D eigenvalue weighted by Gasteiger charge is -2.05. The van der Waals surface area contributed by atoms with Crippen molar-refractivity contribution in [3.05, 3.63) is 22.9 Å². The number of nitrogens with zero attached hydrogens (tertiary/aromatic N) is 1. The van der Waals surface area contributed by atoms with Crippen molar-refractivity contribution in [2.45, 2.75) is 12.8 Å². The maximum atomic E-state index is 8.12. The molecule has 1 rings (SSSR count). The molecule has 1 aliphatic rings. The lowest BCUT2D eigenvalue weighted by molar-refractivity contribution is 0.354. The van der Waals surface area contributed by atoms with Crippen molar-refractivity contribution in [3.63, 3.8) is 0 Å². The largest absolute Gasteiger partial charge is 0.393 e. The van der Waals surface area contributed by atoms with E-state index >= 15 is 0 Å². The predicted molar refractivity (Wildman–Crippen MR) is 38.0 cm³/mol. The summed E-state index contributed by atoms with van der Waals surface area (Å²) in [7, 11) is 0. The van der Waals surface area contributed by atoms with E-state index in [9.17, 15) is 0 Å². The number of hydrogen-bond donors (Lipinski definition) is 0. The van der Waals surface area contributed by atoms with Gasteiger partial charge in [-0.1, -0.05) is 11.6 Å². The maximum absolute atomic E-state index is 8.12. The molecule has 0 bridgehead atoms. The summed E-state index contributed by atoms with van der Waals surface area (Å²) >= 11 is 5.66. The van der Waals surface area contributed by atoms with Gasteiger partial charge in [-0.25, -0.2) is 0 Å². The highest BCUT2D eigenvalue weighted by molar-refractivity contribution is 6.29. The number of halogens is 1. The molecule has 0 heterocycles. The Morgan fingerprint density at radius 2 is 2.30 bits per heavy atom. The van der Waals surface area contributed by atoms with Crippen molar-refractivity contribution < 1.29 is 4.74 Å². The number of hydrogen-bond acceptors (Lipinski definition) is 2. The Kier molecular flexibility index (Phi) is 2.35. The van der Waals surface area contributed by atoms with E-state index in [4.69, 9.17) is 16.9 Å². The molecule has 0 amide bonds. The van der Waals surface area contributed by atoms with Crippen molar-refractivity contribution in [2.24, 2.45) is 0 Å². The summed E-state index contributed by atoms with van der Waals surface area (Å²) in [5.41, 5.74) is 0. The Bertz CT molecular complexity index is 224. The van der Waals surface area contributed by atoms with Crippen LogP contribution in [0, 0.1) is 11.5 Å². The maximum Gasteiger partial charge on any atom is 0.291 e. The van der Waals surface area contributed by atoms with Crippen molar-refractivity contribution >= 4 is 11.6 Å². The van der Waals surface area contributed by atoms with Gasteiger partial charge in [0.2, 0.25) is 0 Å². The van der Waals surface area contributed by atoms with Crippen LogP contribution in [0.3, 0.4) is 0 Å². The zero-order valence-electron chi connectivity index (χ0n) is 5.30. The highest BCUT2D eigenvalue weighted by Crippen LogP contribution is 2.20. The molecule has 0 unspecified atom stereocenters. The Hall–Kier alpha value is -0.940. The molecule has 0 saturated carbocycles. The summed E-state index contributed by atoms with van der Waals surface area (Å²) in [5.74, 6) is 0.687. The first-order valence-corrected chi connectivity index (χ1v) is 3.32. The van der Waals surface area contributed by atoms with Gasteiger partial charge >= 0.3 is 0 Å². The van der Waals surface area contributed by atoms with Crippen LogP contribution in [0.25, 0.3) is 0 Å². The van der Waals surface area contributed by atoms with Gasteiger partial charge in [-0.15, -0.1) is 5.26 Å². The normalized spacial score (nSPS) is 16.8. The third-order valence-corrected chi connectivity index (χ3v) is 1.55. The topological polar surface area (TPSA) is 33.0 Å². The lowest BCUT2D eigenvalue weighted by Crippen LogP contribution is -1.90. The quantitative estimate of drug-likeness (QED) is 0.545. The van der Waals surface area contributed by atoms with E-state index in [1.165, 1.54) is 0 Å². The van der Waals surface area contributed by atoms with E-state index in [1.54, 1.807) is 18.4 Å². The second kappa shape index (κ2) is 3.28. The molecule has 0 atom stereocenters. The molecule has 3 heteroatoms. The van der Waals surface area contributed by atoms with Crippen LogP contribution in [0.4, 0.5) is 0 Å². The second-order valence-electron chi connectivity index (χ2n) is 1.94. The van der Waals surface area contributed by atoms with E-state index in [0.717, 1.165) is 17.9 Å². The highest BCUT2D eigenvalue weighted by atomic mass is 35.5. The van der Waals surface area contributed by atoms with E-state index in [1.807, 2.05) is 0 Å². The highest BCUT2D eigenvalue weighted by Gasteiger charge is 2.04. The monoisotopic (exact) mass is 155 g/mol. The van der Waals surface area contributed by atoms with Crippen LogP contribution in [0.1, 0.15) is 12.8 Å². The van der Waals surface area contributed by atoms with Crippen LogP contribution in [0.2, 0.25) is 0 Å². The van der Waals surface area contributed by atoms with Crippen molar-refractivity contribution in [1.29, 1.82) is 5.26 Å². The molecule has 0 N–H and O–H groups in total. The Labute approximate surface area is 64.4 Å². The Morgan fingerprint density at radius 1 is 1.50 bits per heavy atom. The summed E-state index contributed by atoms with van der Waals surface area (Å²) in [5, 5.41) is 8.93. The van der Waals surface area contributed by atoms with Gasteiger partial charge in [0.05, 0.1) is 0 Å². The van der Waals surface area contributed by atoms with E-state index < -0.39 is 0 Å². The molecule has 0 aromatic rings. The summed E-state index contributed by atoms with van der Waals surface area (Å²) in [6.45, 7) is 0. The van der Waals surface area contributed by atoms with Gasteiger partial charge in [0.25, 0.3) is 6.26 Å². The lowest BCUT2D eigenvalue weighted by atomic mass is 10.2. The van der Waals surface area contributed by atoms with E-state index in [-0.39, 0.29) is 0 Å². The first-order valence-electron chi connectivity index (χ1n) is 2.94. The number of ether oxygens (including phenoxy) is 1. The molecule has 10 heavy (non-hydrogen) atoms. The molecular weight excluding hydrogens is 150 g/mol. The number of allylic oxidation sites excluding steroid dienone is 4. The number of rotatable bonds is 1. The summed E-state index contributed by atoms with van der Waals surface area (Å²) in [6, 6.07) is 0. The van der Waals surface area contributed by atoms with Gasteiger partial charge < -0.3 is 4.74 Å². The second-order valence-corrected chi connectivity index (χ2v) is 2.43. The van der Waals surface area contributed by atoms with Crippen LogP contribution in [-0.4, -0.2) is 0 Å². The van der Waals surface area contributed by atoms with Crippen molar-refractivity contribution in [1.82, 2.24) is 0 Å². The average Bonchev–Trinajstić information content (AvgIpc) is 1.95. The average molecular weight is 156 g/mol. The molecule has 0 aliphatic heterocycles. The SMILES string of the molecule is N#COC1=CC=C(Cl)CC1. The number of nitriles is 1. The molecular formula is C7H6ClNO. The van der Waals surface area contributed by atoms with Gasteiger partial charge in [0, 0.05) is 11.5 Å². The molecule has 2 nitrogen and oxygen atoms in total. The minimum atomic E-state index is 0.687. The zero-order chi connectivity index (χ0) is 7.40. The molecule has 0 aromatic heterocycles. The first kappa shape index (κ1) is 7.17. The molecule has 1 aliphatic carbocycles. The fraction of sp³-hybridized carbons (Fsp3) is 0.286. The molecule has 0 aromatic carbocycles. The molecule has 0 radical (unpaired) electrons. The minimum absolute atomic E-state index is 0.687. The summed E-state index contributed by atoms with van der Waals surface area (Å²) < 4.78 is 4.59. The standard InChI is InChI=1S/C7H6ClNO/c8-6-1-3-7(4-2-6)10-5-9/h1,3H,2,4H2. The summed E-state index contributed by atoms with van der Waals surface area (Å²) in [6.07, 6.45) is 6.57. The van der Waals surface area contributed by atoms with Gasteiger partial charge in [0.1, 0.15) is 5.76 Å². The Morgan fingerprint density at radius 3 is 2.80 bits per heavy atom. The van der Waals surface area contributed by atoms with E-state index in [2.05, 4.69) is 4.74 Å². The smallest absolute Gasteiger partial charge is 0.291 e.